The second-order valence-electron chi connectivity index (χ2n) is 4.84. The smallest absolute Gasteiger partial charge is 0.184 e. The second-order valence-corrected chi connectivity index (χ2v) is 5.63. The molecule has 1 aromatic rings. The summed E-state index contributed by atoms with van der Waals surface area (Å²) in [4.78, 5) is 15.3. The number of likely N-dealkylation sites (N-methyl/N-ethyl adjacent to an activating group) is 1. The Morgan fingerprint density at radius 2 is 1.65 bits per heavy atom. The zero-order valence-electron chi connectivity index (χ0n) is 12.7. The zero-order valence-corrected chi connectivity index (χ0v) is 14.2. The molecular weight excluding hydrogens is 293 g/mol. The van der Waals surface area contributed by atoms with E-state index in [2.05, 4.69) is 32.6 Å². The topological polar surface area (TPSA) is 20.3 Å². The molecule has 20 heavy (non-hydrogen) atoms. The maximum absolute atomic E-state index is 13.1. The molecule has 112 valence electrons. The van der Waals surface area contributed by atoms with Crippen LogP contribution in [0, 0.1) is 0 Å². The minimum Gasteiger partial charge on any atom is -0.292 e. The first-order chi connectivity index (χ1) is 9.48. The van der Waals surface area contributed by atoms with Crippen molar-refractivity contribution in [2.24, 2.45) is 0 Å². The minimum absolute atomic E-state index is 0.0682. The number of ketones is 1. The van der Waals surface area contributed by atoms with Gasteiger partial charge in [-0.15, -0.1) is 0 Å². The highest BCUT2D eigenvalue weighted by Crippen LogP contribution is 2.33. The first kappa shape index (κ1) is 17.5. The van der Waals surface area contributed by atoms with Crippen molar-refractivity contribution in [1.82, 2.24) is 4.90 Å². The Bertz CT molecular complexity index is 466. The molecule has 1 rings (SSSR count). The molecule has 0 aliphatic carbocycles. The molecule has 0 amide bonds. The molecule has 0 aromatic heterocycles. The summed E-state index contributed by atoms with van der Waals surface area (Å²) in [6, 6.07) is 5.25. The van der Waals surface area contributed by atoms with Gasteiger partial charge in [0.15, 0.2) is 5.78 Å². The average Bonchev–Trinajstić information content (AvgIpc) is 2.47. The van der Waals surface area contributed by atoms with Crippen molar-refractivity contribution in [3.63, 3.8) is 0 Å². The molecule has 0 saturated carbocycles. The third-order valence-electron chi connectivity index (χ3n) is 4.16. The van der Waals surface area contributed by atoms with Crippen LogP contribution in [0.3, 0.4) is 0 Å². The lowest BCUT2D eigenvalue weighted by atomic mass is 9.82. The van der Waals surface area contributed by atoms with Gasteiger partial charge in [0, 0.05) is 5.56 Å². The van der Waals surface area contributed by atoms with Crippen LogP contribution in [0.4, 0.5) is 0 Å². The normalized spacial score (nSPS) is 11.9. The Labute approximate surface area is 132 Å². The molecule has 0 heterocycles. The van der Waals surface area contributed by atoms with Gasteiger partial charge >= 0.3 is 0 Å². The van der Waals surface area contributed by atoms with E-state index in [9.17, 15) is 4.79 Å². The largest absolute Gasteiger partial charge is 0.292 e. The number of Topliss-reactive ketones (excluding diaryl/α,β-unsaturated/α-hetero) is 1. The Kier molecular flexibility index (Phi) is 6.50. The average molecular weight is 316 g/mol. The molecule has 0 radical (unpaired) electrons. The number of carbonyl (C=O) groups excluding carboxylic acids is 1. The molecular formula is C16H23Cl2NO. The van der Waals surface area contributed by atoms with Gasteiger partial charge in [0.05, 0.1) is 15.6 Å². The zero-order chi connectivity index (χ0) is 15.3. The van der Waals surface area contributed by atoms with Gasteiger partial charge < -0.3 is 0 Å². The van der Waals surface area contributed by atoms with Crippen LogP contribution in [0.15, 0.2) is 18.2 Å². The second kappa shape index (κ2) is 7.44. The minimum atomic E-state index is -0.502. The molecule has 0 aliphatic rings. The summed E-state index contributed by atoms with van der Waals surface area (Å²) in [7, 11) is 0. The van der Waals surface area contributed by atoms with Crippen LogP contribution in [0.5, 0.6) is 0 Å². The highest BCUT2D eigenvalue weighted by Gasteiger charge is 2.40. The van der Waals surface area contributed by atoms with E-state index in [1.165, 1.54) is 0 Å². The van der Waals surface area contributed by atoms with Crippen LogP contribution in [0.25, 0.3) is 0 Å². The van der Waals surface area contributed by atoms with Crippen molar-refractivity contribution in [3.05, 3.63) is 33.8 Å². The summed E-state index contributed by atoms with van der Waals surface area (Å²) in [6.45, 7) is 9.94. The van der Waals surface area contributed by atoms with Gasteiger partial charge in [0.25, 0.3) is 0 Å². The fourth-order valence-corrected chi connectivity index (χ4v) is 3.31. The molecule has 0 saturated heterocycles. The van der Waals surface area contributed by atoms with Gasteiger partial charge in [-0.25, -0.2) is 0 Å². The predicted octanol–water partition coefficient (Wildman–Crippen LogP) is 5.08. The van der Waals surface area contributed by atoms with E-state index in [0.29, 0.717) is 15.6 Å². The molecule has 0 N–H and O–H groups in total. The number of nitrogens with zero attached hydrogens (tertiary/aromatic N) is 1. The number of benzene rings is 1. The van der Waals surface area contributed by atoms with Crippen LogP contribution in [0.2, 0.25) is 10.0 Å². The maximum atomic E-state index is 13.1. The van der Waals surface area contributed by atoms with Crippen molar-refractivity contribution >= 4 is 29.0 Å². The summed E-state index contributed by atoms with van der Waals surface area (Å²) >= 11 is 12.3. The third kappa shape index (κ3) is 3.03. The molecule has 4 heteroatoms. The van der Waals surface area contributed by atoms with Crippen molar-refractivity contribution in [1.29, 1.82) is 0 Å². The molecule has 0 bridgehead atoms. The molecule has 0 spiro atoms. The van der Waals surface area contributed by atoms with Crippen LogP contribution in [0.1, 0.15) is 50.9 Å². The van der Waals surface area contributed by atoms with Gasteiger partial charge in [0.2, 0.25) is 0 Å². The summed E-state index contributed by atoms with van der Waals surface area (Å²) in [6.07, 6.45) is 1.51. The Hall–Kier alpha value is -0.570. The van der Waals surface area contributed by atoms with E-state index in [4.69, 9.17) is 23.2 Å². The Morgan fingerprint density at radius 3 is 2.10 bits per heavy atom. The van der Waals surface area contributed by atoms with E-state index in [0.717, 1.165) is 25.9 Å². The molecule has 0 unspecified atom stereocenters. The lowest BCUT2D eigenvalue weighted by molar-refractivity contribution is 0.0535. The molecule has 2 nitrogen and oxygen atoms in total. The summed E-state index contributed by atoms with van der Waals surface area (Å²) in [5.41, 5.74) is 0.0208. The van der Waals surface area contributed by atoms with E-state index in [1.807, 2.05) is 0 Å². The predicted molar refractivity (Wildman–Crippen MR) is 87.0 cm³/mol. The first-order valence-electron chi connectivity index (χ1n) is 7.22. The van der Waals surface area contributed by atoms with Gasteiger partial charge in [-0.05, 0) is 38.1 Å². The van der Waals surface area contributed by atoms with E-state index in [-0.39, 0.29) is 5.78 Å². The highest BCUT2D eigenvalue weighted by atomic mass is 35.5. The molecule has 0 aliphatic heterocycles. The van der Waals surface area contributed by atoms with Crippen LogP contribution >= 0.6 is 23.2 Å². The van der Waals surface area contributed by atoms with Crippen LogP contribution in [-0.4, -0.2) is 29.3 Å². The number of rotatable bonds is 7. The number of halogens is 2. The first-order valence-corrected chi connectivity index (χ1v) is 7.97. The molecule has 1 aromatic carbocycles. The lowest BCUT2D eigenvalue weighted by Gasteiger charge is -2.41. The molecule has 0 fully saturated rings. The van der Waals surface area contributed by atoms with E-state index >= 15 is 0 Å². The molecule has 0 atom stereocenters. The van der Waals surface area contributed by atoms with Crippen molar-refractivity contribution < 1.29 is 4.79 Å². The SMILES string of the molecule is CCN(CC)C(CC)(CC)C(=O)c1cccc(Cl)c1Cl. The quantitative estimate of drug-likeness (QED) is 0.654. The summed E-state index contributed by atoms with van der Waals surface area (Å²) < 4.78 is 0. The van der Waals surface area contributed by atoms with Crippen LogP contribution < -0.4 is 0 Å². The Morgan fingerprint density at radius 1 is 1.10 bits per heavy atom. The van der Waals surface area contributed by atoms with Gasteiger partial charge in [-0.3, -0.25) is 9.69 Å². The monoisotopic (exact) mass is 315 g/mol. The number of carbonyl (C=O) groups is 1. The fraction of sp³-hybridized carbons (Fsp3) is 0.562. The maximum Gasteiger partial charge on any atom is 0.184 e. The van der Waals surface area contributed by atoms with Gasteiger partial charge in [-0.2, -0.15) is 0 Å². The van der Waals surface area contributed by atoms with E-state index in [1.54, 1.807) is 18.2 Å². The van der Waals surface area contributed by atoms with Crippen molar-refractivity contribution in [3.8, 4) is 0 Å². The van der Waals surface area contributed by atoms with Crippen molar-refractivity contribution in [2.75, 3.05) is 13.1 Å². The summed E-state index contributed by atoms with van der Waals surface area (Å²) in [5.74, 6) is 0.0682. The van der Waals surface area contributed by atoms with Crippen LogP contribution in [-0.2, 0) is 0 Å². The van der Waals surface area contributed by atoms with Gasteiger partial charge in [0.1, 0.15) is 0 Å². The number of hydrogen-bond donors (Lipinski definition) is 0. The standard InChI is InChI=1S/C16H23Cl2NO/c1-5-16(6-2,19(7-3)8-4)15(20)12-10-9-11-13(17)14(12)18/h9-11H,5-8H2,1-4H3. The third-order valence-corrected chi connectivity index (χ3v) is 4.98. The highest BCUT2D eigenvalue weighted by molar-refractivity contribution is 6.44. The number of hydrogen-bond acceptors (Lipinski definition) is 2. The Balaban J connectivity index is 3.34. The lowest BCUT2D eigenvalue weighted by Crippen LogP contribution is -2.54. The van der Waals surface area contributed by atoms with Crippen molar-refractivity contribution in [2.45, 2.75) is 46.1 Å². The summed E-state index contributed by atoms with van der Waals surface area (Å²) in [5, 5.41) is 0.788. The van der Waals surface area contributed by atoms with E-state index < -0.39 is 5.54 Å². The van der Waals surface area contributed by atoms with Gasteiger partial charge in [-0.1, -0.05) is 57.0 Å². The fourth-order valence-electron chi connectivity index (χ4n) is 2.92.